The third kappa shape index (κ3) is 4.19. The van der Waals surface area contributed by atoms with E-state index in [1.165, 1.54) is 11.0 Å². The second-order valence-corrected chi connectivity index (χ2v) is 8.80. The van der Waals surface area contributed by atoms with Crippen LogP contribution in [0.1, 0.15) is 17.0 Å². The summed E-state index contributed by atoms with van der Waals surface area (Å²) in [5.74, 6) is -2.16. The molecule has 1 fully saturated rings. The van der Waals surface area contributed by atoms with Crippen molar-refractivity contribution >= 4 is 21.7 Å². The monoisotopic (exact) mass is 387 g/mol. The number of benzene rings is 2. The summed E-state index contributed by atoms with van der Waals surface area (Å²) in [4.78, 5) is 26.1. The molecule has 142 valence electrons. The zero-order valence-corrected chi connectivity index (χ0v) is 15.7. The Kier molecular flexibility index (Phi) is 5.32. The molecule has 27 heavy (non-hydrogen) atoms. The van der Waals surface area contributed by atoms with E-state index in [9.17, 15) is 23.1 Å². The number of carbonyl (C=O) groups excluding carboxylic acids is 1. The average Bonchev–Trinajstić information content (AvgIpc) is 3.08. The molecule has 1 heterocycles. The molecule has 1 N–H and O–H groups in total. The van der Waals surface area contributed by atoms with Crippen molar-refractivity contribution in [1.82, 2.24) is 4.90 Å². The normalized spacial score (nSPS) is 19.8. The summed E-state index contributed by atoms with van der Waals surface area (Å²) in [6.07, 6.45) is 1.04. The van der Waals surface area contributed by atoms with Crippen LogP contribution in [0, 0.1) is 5.92 Å². The molecule has 0 unspecified atom stereocenters. The van der Waals surface area contributed by atoms with E-state index in [0.717, 1.165) is 11.8 Å². The third-order valence-electron chi connectivity index (χ3n) is 4.93. The predicted octanol–water partition coefficient (Wildman–Crippen LogP) is 1.96. The minimum absolute atomic E-state index is 0.0723. The summed E-state index contributed by atoms with van der Waals surface area (Å²) in [6.45, 7) is 0.426. The summed E-state index contributed by atoms with van der Waals surface area (Å²) in [6, 6.07) is 15.7. The number of amides is 1. The number of rotatable bonds is 5. The van der Waals surface area contributed by atoms with E-state index >= 15 is 0 Å². The molecule has 1 aliphatic heterocycles. The second-order valence-electron chi connectivity index (χ2n) is 6.82. The van der Waals surface area contributed by atoms with E-state index in [0.29, 0.717) is 12.1 Å². The van der Waals surface area contributed by atoms with Gasteiger partial charge in [0.15, 0.2) is 9.84 Å². The maximum absolute atomic E-state index is 12.8. The van der Waals surface area contributed by atoms with Crippen LogP contribution in [0.5, 0.6) is 0 Å². The highest BCUT2D eigenvalue weighted by molar-refractivity contribution is 7.90. The van der Waals surface area contributed by atoms with E-state index in [4.69, 9.17) is 0 Å². The van der Waals surface area contributed by atoms with Crippen molar-refractivity contribution in [3.63, 3.8) is 0 Å². The highest BCUT2D eigenvalue weighted by Gasteiger charge is 2.40. The maximum atomic E-state index is 12.8. The number of sulfone groups is 1. The number of carboxylic acid groups (broad SMARTS) is 1. The van der Waals surface area contributed by atoms with E-state index in [-0.39, 0.29) is 29.7 Å². The van der Waals surface area contributed by atoms with Crippen molar-refractivity contribution < 1.29 is 23.1 Å². The topological polar surface area (TPSA) is 91.8 Å². The van der Waals surface area contributed by atoms with Crippen LogP contribution in [0.3, 0.4) is 0 Å². The zero-order valence-electron chi connectivity index (χ0n) is 14.9. The van der Waals surface area contributed by atoms with Gasteiger partial charge in [0.1, 0.15) is 0 Å². The van der Waals surface area contributed by atoms with E-state index < -0.39 is 21.7 Å². The van der Waals surface area contributed by atoms with Gasteiger partial charge >= 0.3 is 5.97 Å². The molecule has 3 rings (SSSR count). The molecular formula is C20H21NO5S. The quantitative estimate of drug-likeness (QED) is 0.847. The molecule has 0 spiro atoms. The molecule has 0 radical (unpaired) electrons. The van der Waals surface area contributed by atoms with Gasteiger partial charge in [0.05, 0.1) is 17.2 Å². The van der Waals surface area contributed by atoms with Crippen molar-refractivity contribution in [2.24, 2.45) is 5.92 Å². The van der Waals surface area contributed by atoms with Crippen molar-refractivity contribution in [1.29, 1.82) is 0 Å². The van der Waals surface area contributed by atoms with Crippen LogP contribution in [-0.4, -0.2) is 49.6 Å². The first-order valence-corrected chi connectivity index (χ1v) is 10.5. The number of likely N-dealkylation sites (tertiary alicyclic amines) is 1. The Morgan fingerprint density at radius 2 is 1.67 bits per heavy atom. The first kappa shape index (κ1) is 19.1. The molecule has 1 aliphatic rings. The largest absolute Gasteiger partial charge is 0.481 e. The van der Waals surface area contributed by atoms with Crippen LogP contribution >= 0.6 is 0 Å². The third-order valence-corrected chi connectivity index (χ3v) is 6.13. The number of carbonyl (C=O) groups is 2. The van der Waals surface area contributed by atoms with Crippen molar-refractivity contribution in [3.05, 3.63) is 65.7 Å². The molecule has 6 nitrogen and oxygen atoms in total. The molecule has 0 aromatic heterocycles. The first-order valence-electron chi connectivity index (χ1n) is 8.61. The molecular weight excluding hydrogens is 366 g/mol. The predicted molar refractivity (Wildman–Crippen MR) is 100 cm³/mol. The van der Waals surface area contributed by atoms with Gasteiger partial charge in [0, 0.05) is 25.3 Å². The van der Waals surface area contributed by atoms with Crippen LogP contribution < -0.4 is 0 Å². The molecule has 2 aromatic rings. The van der Waals surface area contributed by atoms with Gasteiger partial charge in [0.2, 0.25) is 5.91 Å². The van der Waals surface area contributed by atoms with Gasteiger partial charge in [-0.25, -0.2) is 8.42 Å². The Balaban J connectivity index is 1.82. The van der Waals surface area contributed by atoms with Crippen LogP contribution in [0.25, 0.3) is 0 Å². The number of hydrogen-bond donors (Lipinski definition) is 1. The molecule has 1 amide bonds. The van der Waals surface area contributed by atoms with Gasteiger partial charge in [-0.15, -0.1) is 0 Å². The molecule has 0 aliphatic carbocycles. The Morgan fingerprint density at radius 1 is 1.04 bits per heavy atom. The van der Waals surface area contributed by atoms with Crippen molar-refractivity contribution in [2.75, 3.05) is 19.3 Å². The van der Waals surface area contributed by atoms with Gasteiger partial charge in [-0.2, -0.15) is 0 Å². The van der Waals surface area contributed by atoms with Crippen LogP contribution in [0.15, 0.2) is 59.5 Å². The number of nitrogens with zero attached hydrogens (tertiary/aromatic N) is 1. The highest BCUT2D eigenvalue weighted by atomic mass is 32.2. The maximum Gasteiger partial charge on any atom is 0.308 e. The minimum Gasteiger partial charge on any atom is -0.481 e. The smallest absolute Gasteiger partial charge is 0.308 e. The standard InChI is InChI=1S/C20H21NO5S/c1-27(25,26)18-10-6-5-9-15(18)11-19(22)21-12-16(17(13-21)20(23)24)14-7-3-2-4-8-14/h2-10,16-17H,11-13H2,1H3,(H,23,24)/t16-,17-/m0/s1. The molecule has 0 saturated carbocycles. The lowest BCUT2D eigenvalue weighted by atomic mass is 9.89. The van der Waals surface area contributed by atoms with Gasteiger partial charge < -0.3 is 10.0 Å². The fraction of sp³-hybridized carbons (Fsp3) is 0.300. The first-order chi connectivity index (χ1) is 12.8. The minimum atomic E-state index is -3.45. The van der Waals surface area contributed by atoms with Gasteiger partial charge in [0.25, 0.3) is 0 Å². The summed E-state index contributed by atoms with van der Waals surface area (Å²) >= 11 is 0. The van der Waals surface area contributed by atoms with Crippen molar-refractivity contribution in [2.45, 2.75) is 17.2 Å². The fourth-order valence-corrected chi connectivity index (χ4v) is 4.52. The Hall–Kier alpha value is -2.67. The molecule has 7 heteroatoms. The van der Waals surface area contributed by atoms with Gasteiger partial charge in [-0.3, -0.25) is 9.59 Å². The van der Waals surface area contributed by atoms with Crippen LogP contribution in [-0.2, 0) is 25.8 Å². The Bertz CT molecular complexity index is 955. The average molecular weight is 387 g/mol. The SMILES string of the molecule is CS(=O)(=O)c1ccccc1CC(=O)N1C[C@H](C(=O)O)[C@H](c2ccccc2)C1. The summed E-state index contributed by atoms with van der Waals surface area (Å²) < 4.78 is 23.9. The Labute approximate surface area is 158 Å². The van der Waals surface area contributed by atoms with Gasteiger partial charge in [-0.05, 0) is 17.2 Å². The number of hydrogen-bond acceptors (Lipinski definition) is 4. The Morgan fingerprint density at radius 3 is 2.30 bits per heavy atom. The summed E-state index contributed by atoms with van der Waals surface area (Å²) in [7, 11) is -3.45. The second kappa shape index (κ2) is 7.52. The molecule has 1 saturated heterocycles. The lowest BCUT2D eigenvalue weighted by Gasteiger charge is -2.17. The zero-order chi connectivity index (χ0) is 19.6. The van der Waals surface area contributed by atoms with E-state index in [1.807, 2.05) is 30.3 Å². The number of carboxylic acids is 1. The van der Waals surface area contributed by atoms with Crippen LogP contribution in [0.2, 0.25) is 0 Å². The van der Waals surface area contributed by atoms with Gasteiger partial charge in [-0.1, -0.05) is 48.5 Å². The van der Waals surface area contributed by atoms with Crippen LogP contribution in [0.4, 0.5) is 0 Å². The molecule has 0 bridgehead atoms. The van der Waals surface area contributed by atoms with E-state index in [1.54, 1.807) is 18.2 Å². The summed E-state index contributed by atoms with van der Waals surface area (Å²) in [5, 5.41) is 9.57. The lowest BCUT2D eigenvalue weighted by Crippen LogP contribution is -2.31. The van der Waals surface area contributed by atoms with E-state index in [2.05, 4.69) is 0 Å². The number of aliphatic carboxylic acids is 1. The molecule has 2 atom stereocenters. The van der Waals surface area contributed by atoms with Crippen molar-refractivity contribution in [3.8, 4) is 0 Å². The fourth-order valence-electron chi connectivity index (χ4n) is 3.58. The summed E-state index contributed by atoms with van der Waals surface area (Å²) in [5.41, 5.74) is 1.32. The molecule has 2 aromatic carbocycles. The lowest BCUT2D eigenvalue weighted by molar-refractivity contribution is -0.141. The highest BCUT2D eigenvalue weighted by Crippen LogP contribution is 2.33.